The molecule has 0 fully saturated rings. The lowest BCUT2D eigenvalue weighted by Crippen LogP contribution is -2.02. The normalized spacial score (nSPS) is 12.6. The lowest BCUT2D eigenvalue weighted by atomic mass is 10.1. The molecule has 16 heavy (non-hydrogen) atoms. The maximum absolute atomic E-state index is 9.18. The van der Waals surface area contributed by atoms with E-state index in [1.54, 1.807) is 24.1 Å². The highest BCUT2D eigenvalue weighted by molar-refractivity contribution is 5.23. The topological polar surface area (TPSA) is 63.8 Å². The molecule has 0 unspecified atom stereocenters. The smallest absolute Gasteiger partial charge is 0.155 e. The Morgan fingerprint density at radius 2 is 2.31 bits per heavy atom. The molecule has 2 aromatic rings. The molecule has 0 aliphatic rings. The van der Waals surface area contributed by atoms with Gasteiger partial charge in [-0.05, 0) is 31.4 Å². The van der Waals surface area contributed by atoms with Crippen molar-refractivity contribution in [1.29, 1.82) is 0 Å². The van der Waals surface area contributed by atoms with Crippen LogP contribution in [0.2, 0.25) is 0 Å². The summed E-state index contributed by atoms with van der Waals surface area (Å²) >= 11 is 0. The van der Waals surface area contributed by atoms with Crippen LogP contribution in [0.25, 0.3) is 5.82 Å². The van der Waals surface area contributed by atoms with Crippen LogP contribution in [0.3, 0.4) is 0 Å². The molecule has 2 rings (SSSR count). The molecule has 84 valence electrons. The lowest BCUT2D eigenvalue weighted by molar-refractivity contribution is 0.185. The molecule has 2 aromatic heterocycles. The lowest BCUT2D eigenvalue weighted by Gasteiger charge is -2.04. The zero-order chi connectivity index (χ0) is 11.4. The van der Waals surface area contributed by atoms with Gasteiger partial charge in [-0.1, -0.05) is 6.07 Å². The Morgan fingerprint density at radius 1 is 1.44 bits per heavy atom. The molecule has 5 nitrogen and oxygen atoms in total. The molecule has 0 amide bonds. The van der Waals surface area contributed by atoms with Crippen molar-refractivity contribution in [3.05, 3.63) is 36.5 Å². The van der Waals surface area contributed by atoms with Gasteiger partial charge in [0.1, 0.15) is 12.7 Å². The molecule has 0 saturated carbocycles. The highest BCUT2D eigenvalue weighted by Crippen LogP contribution is 2.07. The second kappa shape index (κ2) is 4.85. The molecule has 1 N–H and O–H groups in total. The van der Waals surface area contributed by atoms with E-state index in [-0.39, 0.29) is 6.10 Å². The molecule has 0 aliphatic carbocycles. The van der Waals surface area contributed by atoms with Gasteiger partial charge in [0.05, 0.1) is 6.10 Å². The second-order valence-electron chi connectivity index (χ2n) is 3.75. The zero-order valence-corrected chi connectivity index (χ0v) is 9.11. The Bertz CT molecular complexity index is 422. The molecule has 1 atom stereocenters. The number of hydrogen-bond donors (Lipinski definition) is 1. The Labute approximate surface area is 93.8 Å². The van der Waals surface area contributed by atoms with Crippen LogP contribution >= 0.6 is 0 Å². The standard InChI is InChI=1S/C11H14N4O/c1-9(16)2-3-10-4-5-11(13-6-10)15-8-12-7-14-15/h4-9,16H,2-3H2,1H3/t9-/m1/s1. The fourth-order valence-electron chi connectivity index (χ4n) is 1.40. The SMILES string of the molecule is C[C@@H](O)CCc1ccc(-n2cncn2)nc1. The summed E-state index contributed by atoms with van der Waals surface area (Å²) in [7, 11) is 0. The second-order valence-corrected chi connectivity index (χ2v) is 3.75. The summed E-state index contributed by atoms with van der Waals surface area (Å²) in [5.41, 5.74) is 1.12. The first-order chi connectivity index (χ1) is 7.75. The highest BCUT2D eigenvalue weighted by atomic mass is 16.3. The predicted molar refractivity (Wildman–Crippen MR) is 59.2 cm³/mol. The van der Waals surface area contributed by atoms with Crippen LogP contribution in [-0.4, -0.2) is 31.0 Å². The predicted octanol–water partition coefficient (Wildman–Crippen LogP) is 0.976. The molecule has 0 bridgehead atoms. The first kappa shape index (κ1) is 10.8. The van der Waals surface area contributed by atoms with Crippen molar-refractivity contribution in [2.75, 3.05) is 0 Å². The first-order valence-corrected chi connectivity index (χ1v) is 5.23. The molecule has 0 aromatic carbocycles. The Balaban J connectivity index is 2.05. The van der Waals surface area contributed by atoms with E-state index >= 15 is 0 Å². The fraction of sp³-hybridized carbons (Fsp3) is 0.364. The number of aryl methyl sites for hydroxylation is 1. The third kappa shape index (κ3) is 2.64. The Hall–Kier alpha value is -1.75. The van der Waals surface area contributed by atoms with Gasteiger partial charge >= 0.3 is 0 Å². The van der Waals surface area contributed by atoms with E-state index in [2.05, 4.69) is 15.1 Å². The van der Waals surface area contributed by atoms with Crippen LogP contribution in [0.5, 0.6) is 0 Å². The van der Waals surface area contributed by atoms with E-state index in [1.807, 2.05) is 12.1 Å². The van der Waals surface area contributed by atoms with Gasteiger partial charge in [-0.15, -0.1) is 0 Å². The summed E-state index contributed by atoms with van der Waals surface area (Å²) in [4.78, 5) is 8.14. The van der Waals surface area contributed by atoms with Gasteiger partial charge in [-0.25, -0.2) is 14.6 Å². The molecule has 0 radical (unpaired) electrons. The summed E-state index contributed by atoms with van der Waals surface area (Å²) in [6, 6.07) is 3.89. The van der Waals surface area contributed by atoms with E-state index in [1.165, 1.54) is 6.33 Å². The zero-order valence-electron chi connectivity index (χ0n) is 9.11. The minimum atomic E-state index is -0.269. The number of hydrogen-bond acceptors (Lipinski definition) is 4. The monoisotopic (exact) mass is 218 g/mol. The van der Waals surface area contributed by atoms with E-state index in [9.17, 15) is 5.11 Å². The number of rotatable bonds is 4. The number of aromatic nitrogens is 4. The fourth-order valence-corrected chi connectivity index (χ4v) is 1.40. The molecule has 2 heterocycles. The molecule has 0 saturated heterocycles. The molecule has 0 aliphatic heterocycles. The third-order valence-electron chi connectivity index (χ3n) is 2.31. The van der Waals surface area contributed by atoms with Crippen molar-refractivity contribution in [3.8, 4) is 5.82 Å². The maximum atomic E-state index is 9.18. The van der Waals surface area contributed by atoms with Gasteiger partial charge in [0.2, 0.25) is 0 Å². The van der Waals surface area contributed by atoms with E-state index in [4.69, 9.17) is 0 Å². The van der Waals surface area contributed by atoms with Crippen molar-refractivity contribution in [2.24, 2.45) is 0 Å². The van der Waals surface area contributed by atoms with Crippen LogP contribution < -0.4 is 0 Å². The van der Waals surface area contributed by atoms with Gasteiger partial charge in [0.25, 0.3) is 0 Å². The van der Waals surface area contributed by atoms with Gasteiger partial charge < -0.3 is 5.11 Å². The average Bonchev–Trinajstić information content (AvgIpc) is 2.80. The molecule has 0 spiro atoms. The van der Waals surface area contributed by atoms with E-state index in [0.29, 0.717) is 0 Å². The van der Waals surface area contributed by atoms with Crippen molar-refractivity contribution in [1.82, 2.24) is 19.7 Å². The number of nitrogens with zero attached hydrogens (tertiary/aromatic N) is 4. The van der Waals surface area contributed by atoms with Gasteiger partial charge in [-0.2, -0.15) is 5.10 Å². The number of pyridine rings is 1. The van der Waals surface area contributed by atoms with Gasteiger partial charge in [0, 0.05) is 6.20 Å². The van der Waals surface area contributed by atoms with Gasteiger partial charge in [-0.3, -0.25) is 0 Å². The van der Waals surface area contributed by atoms with Crippen LogP contribution in [0, 0.1) is 0 Å². The van der Waals surface area contributed by atoms with Gasteiger partial charge in [0.15, 0.2) is 5.82 Å². The minimum absolute atomic E-state index is 0.269. The van der Waals surface area contributed by atoms with Crippen molar-refractivity contribution < 1.29 is 5.11 Å². The minimum Gasteiger partial charge on any atom is -0.393 e. The van der Waals surface area contributed by atoms with Crippen LogP contribution in [0.15, 0.2) is 31.0 Å². The summed E-state index contributed by atoms with van der Waals surface area (Å²) in [6.45, 7) is 1.79. The van der Waals surface area contributed by atoms with Crippen LogP contribution in [0.4, 0.5) is 0 Å². The van der Waals surface area contributed by atoms with Crippen molar-refractivity contribution in [3.63, 3.8) is 0 Å². The summed E-state index contributed by atoms with van der Waals surface area (Å²) in [5, 5.41) is 13.2. The number of aliphatic hydroxyl groups excluding tert-OH is 1. The Morgan fingerprint density at radius 3 is 2.88 bits per heavy atom. The van der Waals surface area contributed by atoms with E-state index in [0.717, 1.165) is 24.2 Å². The largest absolute Gasteiger partial charge is 0.393 e. The van der Waals surface area contributed by atoms with E-state index < -0.39 is 0 Å². The average molecular weight is 218 g/mol. The quantitative estimate of drug-likeness (QED) is 0.830. The third-order valence-corrected chi connectivity index (χ3v) is 2.31. The molecular weight excluding hydrogens is 204 g/mol. The summed E-state index contributed by atoms with van der Waals surface area (Å²) < 4.78 is 1.61. The summed E-state index contributed by atoms with van der Waals surface area (Å²) in [5.74, 6) is 0.748. The van der Waals surface area contributed by atoms with Crippen molar-refractivity contribution >= 4 is 0 Å². The van der Waals surface area contributed by atoms with Crippen molar-refractivity contribution in [2.45, 2.75) is 25.9 Å². The van der Waals surface area contributed by atoms with Crippen LogP contribution in [0.1, 0.15) is 18.9 Å². The highest BCUT2D eigenvalue weighted by Gasteiger charge is 2.01. The Kier molecular flexibility index (Phi) is 3.26. The first-order valence-electron chi connectivity index (χ1n) is 5.23. The molecule has 5 heteroatoms. The van der Waals surface area contributed by atoms with Crippen LogP contribution in [-0.2, 0) is 6.42 Å². The number of aliphatic hydroxyl groups is 1. The maximum Gasteiger partial charge on any atom is 0.155 e. The summed E-state index contributed by atoms with van der Waals surface area (Å²) in [6.07, 6.45) is 6.21. The molecular formula is C11H14N4O.